The third kappa shape index (κ3) is 4.01. The maximum atomic E-state index is 13.8. The van der Waals surface area contributed by atoms with Crippen LogP contribution in [0.3, 0.4) is 0 Å². The highest BCUT2D eigenvalue weighted by atomic mass is 19.3. The molecule has 0 fully saturated rings. The summed E-state index contributed by atoms with van der Waals surface area (Å²) in [6, 6.07) is 0.232. The van der Waals surface area contributed by atoms with Gasteiger partial charge in [0.1, 0.15) is 18.1 Å². The second-order valence-corrected chi connectivity index (χ2v) is 7.04. The van der Waals surface area contributed by atoms with Crippen LogP contribution in [0, 0.1) is 23.3 Å². The highest BCUT2D eigenvalue weighted by Gasteiger charge is 2.27. The lowest BCUT2D eigenvalue weighted by molar-refractivity contribution is -0.117. The van der Waals surface area contributed by atoms with Gasteiger partial charge < -0.3 is 5.32 Å². The van der Waals surface area contributed by atoms with Crippen molar-refractivity contribution in [2.75, 3.05) is 5.32 Å². The molecule has 0 atom stereocenters. The van der Waals surface area contributed by atoms with E-state index in [0.29, 0.717) is 30.5 Å². The minimum absolute atomic E-state index is 0.159. The zero-order valence-electron chi connectivity index (χ0n) is 15.8. The number of alkyl halides is 2. The maximum Gasteiger partial charge on any atom is 0.282 e. The largest absolute Gasteiger partial charge is 0.322 e. The molecule has 1 aromatic carbocycles. The summed E-state index contributed by atoms with van der Waals surface area (Å²) in [5.41, 5.74) is 0.193. The molecule has 12 heteroatoms. The van der Waals surface area contributed by atoms with Crippen molar-refractivity contribution in [3.05, 3.63) is 64.2 Å². The lowest BCUT2D eigenvalue weighted by Crippen LogP contribution is -2.20. The Morgan fingerprint density at radius 2 is 1.90 bits per heavy atom. The van der Waals surface area contributed by atoms with Crippen LogP contribution in [0.1, 0.15) is 35.4 Å². The second-order valence-electron chi connectivity index (χ2n) is 7.04. The van der Waals surface area contributed by atoms with Crippen molar-refractivity contribution in [1.29, 1.82) is 0 Å². The number of fused-ring (bicyclic) bond motifs is 1. The lowest BCUT2D eigenvalue weighted by atomic mass is 10.2. The minimum Gasteiger partial charge on any atom is -0.322 e. The summed E-state index contributed by atoms with van der Waals surface area (Å²) in [5.74, 6) is -6.96. The molecule has 0 unspecified atom stereocenters. The van der Waals surface area contributed by atoms with Gasteiger partial charge in [0.2, 0.25) is 5.91 Å². The summed E-state index contributed by atoms with van der Waals surface area (Å²) in [4.78, 5) is 12.3. The maximum absolute atomic E-state index is 13.8. The molecule has 31 heavy (non-hydrogen) atoms. The molecule has 1 N–H and O–H groups in total. The Morgan fingerprint density at radius 3 is 2.65 bits per heavy atom. The fraction of sp³-hybridized carbons (Fsp3) is 0.316. The molecule has 0 aliphatic heterocycles. The van der Waals surface area contributed by atoms with E-state index < -0.39 is 47.7 Å². The number of nitrogens with one attached hydrogen (secondary N) is 1. The summed E-state index contributed by atoms with van der Waals surface area (Å²) in [7, 11) is 0. The molecule has 0 bridgehead atoms. The highest BCUT2D eigenvalue weighted by molar-refractivity contribution is 5.90. The fourth-order valence-corrected chi connectivity index (χ4v) is 3.61. The molecule has 6 nitrogen and oxygen atoms in total. The molecule has 0 saturated heterocycles. The van der Waals surface area contributed by atoms with Crippen molar-refractivity contribution in [3.63, 3.8) is 0 Å². The van der Waals surface area contributed by atoms with Crippen LogP contribution in [0.4, 0.5) is 32.0 Å². The number of benzene rings is 1. The van der Waals surface area contributed by atoms with Gasteiger partial charge in [-0.3, -0.25) is 14.2 Å². The molecule has 0 spiro atoms. The van der Waals surface area contributed by atoms with Crippen LogP contribution in [-0.2, 0) is 30.7 Å². The van der Waals surface area contributed by atoms with E-state index in [9.17, 15) is 31.1 Å². The van der Waals surface area contributed by atoms with Crippen LogP contribution >= 0.6 is 0 Å². The van der Waals surface area contributed by atoms with E-state index in [0.717, 1.165) is 4.68 Å². The smallest absolute Gasteiger partial charge is 0.282 e. The summed E-state index contributed by atoms with van der Waals surface area (Å²) < 4.78 is 82.5. The number of aromatic nitrogens is 4. The average Bonchev–Trinajstić information content (AvgIpc) is 3.42. The van der Waals surface area contributed by atoms with Crippen LogP contribution in [0.2, 0.25) is 0 Å². The highest BCUT2D eigenvalue weighted by Crippen LogP contribution is 2.31. The molecule has 164 valence electrons. The van der Waals surface area contributed by atoms with E-state index in [1.807, 2.05) is 0 Å². The molecule has 4 rings (SSSR count). The first kappa shape index (κ1) is 20.9. The number of carbonyl (C=O) groups excluding carboxylic acids is 1. The van der Waals surface area contributed by atoms with Crippen LogP contribution in [0.25, 0.3) is 0 Å². The first-order valence-electron chi connectivity index (χ1n) is 9.25. The first-order valence-corrected chi connectivity index (χ1v) is 9.25. The predicted molar refractivity (Wildman–Crippen MR) is 95.4 cm³/mol. The predicted octanol–water partition coefficient (Wildman–Crippen LogP) is 3.75. The van der Waals surface area contributed by atoms with Crippen LogP contribution in [0.5, 0.6) is 0 Å². The lowest BCUT2D eigenvalue weighted by Gasteiger charge is -2.07. The number of hydrogen-bond donors (Lipinski definition) is 1. The molecule has 2 aromatic heterocycles. The number of carbonyl (C=O) groups is 1. The normalized spacial score (nSPS) is 13.1. The Morgan fingerprint density at radius 1 is 1.13 bits per heavy atom. The number of hydrogen-bond acceptors (Lipinski definition) is 3. The monoisotopic (exact) mass is 443 g/mol. The first-order chi connectivity index (χ1) is 14.7. The fourth-order valence-electron chi connectivity index (χ4n) is 3.61. The molecule has 0 radical (unpaired) electrons. The Hall–Kier alpha value is -3.31. The summed E-state index contributed by atoms with van der Waals surface area (Å²) >= 11 is 0. The molecule has 1 aliphatic carbocycles. The van der Waals surface area contributed by atoms with Gasteiger partial charge >= 0.3 is 0 Å². The number of halogens is 6. The summed E-state index contributed by atoms with van der Waals surface area (Å²) in [5, 5.41) is 10.1. The van der Waals surface area contributed by atoms with Crippen LogP contribution in [-0.4, -0.2) is 25.5 Å². The summed E-state index contributed by atoms with van der Waals surface area (Å²) in [6.07, 6.45) is 1.43. The van der Waals surface area contributed by atoms with Crippen molar-refractivity contribution in [3.8, 4) is 0 Å². The van der Waals surface area contributed by atoms with E-state index >= 15 is 0 Å². The number of rotatable bonds is 6. The van der Waals surface area contributed by atoms with E-state index in [4.69, 9.17) is 0 Å². The zero-order chi connectivity index (χ0) is 22.3. The molecule has 3 aromatic rings. The van der Waals surface area contributed by atoms with E-state index in [1.165, 1.54) is 17.1 Å². The third-order valence-corrected chi connectivity index (χ3v) is 4.98. The van der Waals surface area contributed by atoms with Crippen molar-refractivity contribution in [2.24, 2.45) is 0 Å². The van der Waals surface area contributed by atoms with Gasteiger partial charge in [0.05, 0.1) is 18.4 Å². The standard InChI is InChI=1S/C19H15F6N5O/c20-12-4-13(21)17(23)16(22)11(12)7-29-6-9(5-26-29)27-15(31)8-30-14-3-1-2-10(14)18(28-30)19(24)25/h4-6,19H,1-3,7-8H2,(H,27,31). The number of amides is 1. The van der Waals surface area contributed by atoms with Crippen molar-refractivity contribution in [2.45, 2.75) is 38.8 Å². The van der Waals surface area contributed by atoms with Gasteiger partial charge in [-0.25, -0.2) is 26.3 Å². The number of nitrogens with zero attached hydrogens (tertiary/aromatic N) is 4. The van der Waals surface area contributed by atoms with Crippen molar-refractivity contribution >= 4 is 11.6 Å². The topological polar surface area (TPSA) is 64.7 Å². The molecular weight excluding hydrogens is 428 g/mol. The van der Waals surface area contributed by atoms with Gasteiger partial charge in [-0.15, -0.1) is 0 Å². The molecule has 0 saturated carbocycles. The van der Waals surface area contributed by atoms with Crippen molar-refractivity contribution in [1.82, 2.24) is 19.6 Å². The van der Waals surface area contributed by atoms with Crippen LogP contribution < -0.4 is 5.32 Å². The third-order valence-electron chi connectivity index (χ3n) is 4.98. The Labute approximate surface area is 171 Å². The van der Waals surface area contributed by atoms with E-state index in [-0.39, 0.29) is 24.0 Å². The second kappa shape index (κ2) is 8.08. The Bertz CT molecular complexity index is 1160. The SMILES string of the molecule is O=C(Cn1nc(C(F)F)c2c1CCC2)Nc1cnn(Cc2c(F)cc(F)c(F)c2F)c1. The quantitative estimate of drug-likeness (QED) is 0.359. The number of anilines is 1. The van der Waals surface area contributed by atoms with Gasteiger partial charge in [0, 0.05) is 29.1 Å². The average molecular weight is 443 g/mol. The Kier molecular flexibility index (Phi) is 5.46. The molecule has 2 heterocycles. The molecular formula is C19H15F6N5O. The van der Waals surface area contributed by atoms with Gasteiger partial charge in [0.25, 0.3) is 6.43 Å². The van der Waals surface area contributed by atoms with E-state index in [1.54, 1.807) is 0 Å². The van der Waals surface area contributed by atoms with Gasteiger partial charge in [-0.2, -0.15) is 10.2 Å². The molecule has 1 amide bonds. The van der Waals surface area contributed by atoms with E-state index in [2.05, 4.69) is 15.5 Å². The van der Waals surface area contributed by atoms with Gasteiger partial charge in [0.15, 0.2) is 17.5 Å². The Balaban J connectivity index is 1.45. The van der Waals surface area contributed by atoms with Crippen LogP contribution in [0.15, 0.2) is 18.5 Å². The van der Waals surface area contributed by atoms with Gasteiger partial charge in [-0.05, 0) is 19.3 Å². The minimum atomic E-state index is -2.73. The molecule has 1 aliphatic rings. The van der Waals surface area contributed by atoms with Gasteiger partial charge in [-0.1, -0.05) is 0 Å². The zero-order valence-corrected chi connectivity index (χ0v) is 15.8. The summed E-state index contributed by atoms with van der Waals surface area (Å²) in [6.45, 7) is -0.845. The van der Waals surface area contributed by atoms with Crippen molar-refractivity contribution < 1.29 is 31.1 Å².